The smallest absolute Gasteiger partial charge is 0.0598 e. The van der Waals surface area contributed by atoms with Crippen LogP contribution in [0.25, 0.3) is 0 Å². The molecule has 0 bridgehead atoms. The van der Waals surface area contributed by atoms with Crippen LogP contribution in [-0.2, 0) is 4.74 Å². The molecule has 0 radical (unpaired) electrons. The summed E-state index contributed by atoms with van der Waals surface area (Å²) in [5.41, 5.74) is 0.0503. The fourth-order valence-corrected chi connectivity index (χ4v) is 2.26. The van der Waals surface area contributed by atoms with Gasteiger partial charge in [-0.3, -0.25) is 0 Å². The van der Waals surface area contributed by atoms with E-state index >= 15 is 0 Å². The van der Waals surface area contributed by atoms with Gasteiger partial charge in [-0.2, -0.15) is 0 Å². The molecule has 0 fully saturated rings. The van der Waals surface area contributed by atoms with Crippen LogP contribution < -0.4 is 0 Å². The van der Waals surface area contributed by atoms with Crippen LogP contribution in [0.1, 0.15) is 75.7 Å². The van der Waals surface area contributed by atoms with E-state index in [1.54, 1.807) is 0 Å². The molecule has 0 amide bonds. The number of alkyl halides is 4. The second-order valence-corrected chi connectivity index (χ2v) is 9.01. The number of hydrogen-bond donors (Lipinski definition) is 0. The molecule has 164 valence electrons. The van der Waals surface area contributed by atoms with Crippen molar-refractivity contribution in [2.75, 3.05) is 30.1 Å². The number of halogens is 4. The highest BCUT2D eigenvalue weighted by molar-refractivity contribution is 6.19. The zero-order valence-corrected chi connectivity index (χ0v) is 22.0. The summed E-state index contributed by atoms with van der Waals surface area (Å²) in [7, 11) is 0. The normalized spacial score (nSPS) is 15.0. The first-order valence-corrected chi connectivity index (χ1v) is 11.9. The SMILES string of the molecule is CC(CCl)C(C)CCl.CC(CCl)C(C)CCl.CCC.CCOC(C)(C)C. The van der Waals surface area contributed by atoms with Gasteiger partial charge in [-0.1, -0.05) is 48.0 Å². The number of ether oxygens (including phenoxy) is 1. The summed E-state index contributed by atoms with van der Waals surface area (Å²) in [6.07, 6.45) is 1.25. The van der Waals surface area contributed by atoms with Gasteiger partial charge < -0.3 is 4.74 Å². The minimum atomic E-state index is 0.0503. The molecule has 26 heavy (non-hydrogen) atoms. The van der Waals surface area contributed by atoms with Gasteiger partial charge in [0.05, 0.1) is 5.60 Å². The third-order valence-corrected chi connectivity index (χ3v) is 5.44. The lowest BCUT2D eigenvalue weighted by Gasteiger charge is -2.17. The average molecular weight is 456 g/mol. The van der Waals surface area contributed by atoms with Crippen molar-refractivity contribution in [3.63, 3.8) is 0 Å². The Balaban J connectivity index is -0.000000130. The summed E-state index contributed by atoms with van der Waals surface area (Å²) in [6, 6.07) is 0. The van der Waals surface area contributed by atoms with Crippen molar-refractivity contribution in [1.82, 2.24) is 0 Å². The Kier molecular flexibility index (Phi) is 32.2. The second kappa shape index (κ2) is 24.2. The Labute approximate surface area is 185 Å². The first-order valence-electron chi connectivity index (χ1n) is 9.79. The second-order valence-electron chi connectivity index (χ2n) is 7.78. The molecule has 0 aromatic carbocycles. The van der Waals surface area contributed by atoms with Gasteiger partial charge in [0.15, 0.2) is 0 Å². The topological polar surface area (TPSA) is 9.23 Å². The van der Waals surface area contributed by atoms with E-state index in [9.17, 15) is 0 Å². The standard InChI is InChI=1S/2C6H12Cl2.C6H14O.C3H8/c2*1-5(3-7)6(2)4-8;1-5-7-6(2,3)4;1-3-2/h2*5-6H,3-4H2,1-2H3;5H2,1-4H3;3H2,1-2H3. The Morgan fingerprint density at radius 3 is 0.846 bits per heavy atom. The first kappa shape index (κ1) is 34.6. The van der Waals surface area contributed by atoms with E-state index < -0.39 is 0 Å². The highest BCUT2D eigenvalue weighted by Crippen LogP contribution is 2.13. The van der Waals surface area contributed by atoms with Crippen molar-refractivity contribution in [3.05, 3.63) is 0 Å². The van der Waals surface area contributed by atoms with E-state index in [0.717, 1.165) is 6.61 Å². The van der Waals surface area contributed by atoms with Crippen LogP contribution >= 0.6 is 46.4 Å². The molecule has 0 saturated heterocycles. The first-order chi connectivity index (χ1) is 11.9. The van der Waals surface area contributed by atoms with Gasteiger partial charge in [0, 0.05) is 30.1 Å². The monoisotopic (exact) mass is 454 g/mol. The largest absolute Gasteiger partial charge is 0.376 e. The molecule has 0 heterocycles. The van der Waals surface area contributed by atoms with E-state index in [-0.39, 0.29) is 5.60 Å². The minimum Gasteiger partial charge on any atom is -0.376 e. The maximum absolute atomic E-state index is 5.57. The van der Waals surface area contributed by atoms with E-state index in [0.29, 0.717) is 47.2 Å². The molecule has 0 aromatic heterocycles. The molecule has 1 nitrogen and oxygen atoms in total. The third kappa shape index (κ3) is 32.8. The predicted octanol–water partition coefficient (Wildman–Crippen LogP) is 8.71. The maximum atomic E-state index is 5.57. The van der Waals surface area contributed by atoms with Gasteiger partial charge in [0.25, 0.3) is 0 Å². The summed E-state index contributed by atoms with van der Waals surface area (Å²) < 4.78 is 5.23. The van der Waals surface area contributed by atoms with E-state index in [4.69, 9.17) is 51.1 Å². The van der Waals surface area contributed by atoms with Crippen molar-refractivity contribution < 1.29 is 4.74 Å². The fourth-order valence-electron chi connectivity index (χ4n) is 1.04. The Bertz CT molecular complexity index is 213. The zero-order chi connectivity index (χ0) is 21.8. The van der Waals surface area contributed by atoms with Crippen molar-refractivity contribution in [1.29, 1.82) is 0 Å². The van der Waals surface area contributed by atoms with E-state index in [1.165, 1.54) is 6.42 Å². The lowest BCUT2D eigenvalue weighted by atomic mass is 10.0. The molecule has 0 aromatic rings. The molecule has 0 rings (SSSR count). The van der Waals surface area contributed by atoms with Gasteiger partial charge in [0.1, 0.15) is 0 Å². The average Bonchev–Trinajstić information content (AvgIpc) is 2.59. The van der Waals surface area contributed by atoms with Gasteiger partial charge in [-0.25, -0.2) is 0 Å². The lowest BCUT2D eigenvalue weighted by Crippen LogP contribution is -2.18. The van der Waals surface area contributed by atoms with Crippen molar-refractivity contribution in [3.8, 4) is 0 Å². The molecule has 0 aliphatic carbocycles. The van der Waals surface area contributed by atoms with Gasteiger partial charge in [-0.15, -0.1) is 46.4 Å². The van der Waals surface area contributed by atoms with Crippen LogP contribution in [0.4, 0.5) is 0 Å². The molecular formula is C21H46Cl4O. The minimum absolute atomic E-state index is 0.0503. The molecule has 0 saturated carbocycles. The fraction of sp³-hybridized carbons (Fsp3) is 1.00. The number of rotatable bonds is 7. The summed E-state index contributed by atoms with van der Waals surface area (Å²) in [4.78, 5) is 0. The molecular weight excluding hydrogens is 410 g/mol. The Hall–Kier alpha value is 1.12. The third-order valence-electron chi connectivity index (χ3n) is 3.49. The van der Waals surface area contributed by atoms with Crippen molar-refractivity contribution in [2.45, 2.75) is 81.3 Å². The highest BCUT2D eigenvalue weighted by Gasteiger charge is 2.08. The van der Waals surface area contributed by atoms with Crippen LogP contribution in [-0.4, -0.2) is 35.7 Å². The van der Waals surface area contributed by atoms with E-state index in [1.807, 2.05) is 6.92 Å². The van der Waals surface area contributed by atoms with Crippen LogP contribution in [0.3, 0.4) is 0 Å². The van der Waals surface area contributed by atoms with Gasteiger partial charge in [-0.05, 0) is 51.4 Å². The summed E-state index contributed by atoms with van der Waals surface area (Å²) in [5.74, 6) is 5.07. The zero-order valence-electron chi connectivity index (χ0n) is 19.0. The quantitative estimate of drug-likeness (QED) is 0.348. The van der Waals surface area contributed by atoms with Crippen LogP contribution in [0.15, 0.2) is 0 Å². The maximum Gasteiger partial charge on any atom is 0.0598 e. The van der Waals surface area contributed by atoms with E-state index in [2.05, 4.69) is 62.3 Å². The van der Waals surface area contributed by atoms with Gasteiger partial charge >= 0.3 is 0 Å². The molecule has 0 spiro atoms. The van der Waals surface area contributed by atoms with Crippen LogP contribution in [0.5, 0.6) is 0 Å². The van der Waals surface area contributed by atoms with Crippen LogP contribution in [0, 0.1) is 23.7 Å². The molecule has 0 N–H and O–H groups in total. The summed E-state index contributed by atoms with van der Waals surface area (Å²) >= 11 is 22.3. The summed E-state index contributed by atoms with van der Waals surface area (Å²) in [5, 5.41) is 0. The Morgan fingerprint density at radius 1 is 0.615 bits per heavy atom. The van der Waals surface area contributed by atoms with Crippen molar-refractivity contribution in [2.24, 2.45) is 23.7 Å². The lowest BCUT2D eigenvalue weighted by molar-refractivity contribution is 0.00532. The van der Waals surface area contributed by atoms with Crippen LogP contribution in [0.2, 0.25) is 0 Å². The molecule has 4 unspecified atom stereocenters. The predicted molar refractivity (Wildman–Crippen MR) is 127 cm³/mol. The molecule has 0 aliphatic heterocycles. The summed E-state index contributed by atoms with van der Waals surface area (Å²) in [6.45, 7) is 21.7. The molecule has 5 heteroatoms. The highest BCUT2D eigenvalue weighted by atomic mass is 35.5. The van der Waals surface area contributed by atoms with Crippen molar-refractivity contribution >= 4 is 46.4 Å². The molecule has 4 atom stereocenters. The van der Waals surface area contributed by atoms with Gasteiger partial charge in [0.2, 0.25) is 0 Å². The Morgan fingerprint density at radius 2 is 0.808 bits per heavy atom. The molecule has 0 aliphatic rings. The number of hydrogen-bond acceptors (Lipinski definition) is 1.